The van der Waals surface area contributed by atoms with Gasteiger partial charge in [0.05, 0.1) is 5.92 Å². The molecule has 3 aliphatic rings. The van der Waals surface area contributed by atoms with Crippen molar-refractivity contribution in [3.63, 3.8) is 0 Å². The number of hydrogen-bond acceptors (Lipinski definition) is 2. The van der Waals surface area contributed by atoms with Gasteiger partial charge >= 0.3 is 0 Å². The Labute approximate surface area is 172 Å². The van der Waals surface area contributed by atoms with E-state index in [0.29, 0.717) is 31.8 Å². The van der Waals surface area contributed by atoms with Gasteiger partial charge < -0.3 is 14.8 Å². The van der Waals surface area contributed by atoms with Gasteiger partial charge in [0, 0.05) is 61.2 Å². The van der Waals surface area contributed by atoms with E-state index in [1.807, 2.05) is 15.9 Å². The van der Waals surface area contributed by atoms with Gasteiger partial charge in [-0.25, -0.2) is 0 Å². The standard InChI is InChI=1S/C24H31N3O2/c28-23-11-10-18(15-27(23)14-17-6-2-1-3-7-17)24(29)26-13-12-22-20(16-26)19-8-4-5-9-21(19)25-22/h4-5,8-9,17-18,25H,1-3,6-7,10-16H2. The molecular weight excluding hydrogens is 362 g/mol. The Morgan fingerprint density at radius 3 is 2.76 bits per heavy atom. The zero-order chi connectivity index (χ0) is 19.8. The van der Waals surface area contributed by atoms with Crippen LogP contribution in [0.15, 0.2) is 24.3 Å². The maximum Gasteiger partial charge on any atom is 0.227 e. The monoisotopic (exact) mass is 393 g/mol. The highest BCUT2D eigenvalue weighted by Gasteiger charge is 2.35. The summed E-state index contributed by atoms with van der Waals surface area (Å²) in [5.74, 6) is 1.08. The van der Waals surface area contributed by atoms with Crippen LogP contribution in [0.1, 0.15) is 56.2 Å². The Bertz CT molecular complexity index is 912. The van der Waals surface area contributed by atoms with E-state index in [2.05, 4.69) is 23.2 Å². The number of aromatic amines is 1. The van der Waals surface area contributed by atoms with Crippen LogP contribution in [-0.4, -0.2) is 46.2 Å². The molecule has 5 heteroatoms. The first-order valence-electron chi connectivity index (χ1n) is 11.3. The van der Waals surface area contributed by atoms with Crippen molar-refractivity contribution in [1.29, 1.82) is 0 Å². The third-order valence-electron chi connectivity index (χ3n) is 7.25. The molecule has 2 fully saturated rings. The summed E-state index contributed by atoms with van der Waals surface area (Å²) < 4.78 is 0. The topological polar surface area (TPSA) is 56.4 Å². The molecule has 1 N–H and O–H groups in total. The largest absolute Gasteiger partial charge is 0.358 e. The number of piperidine rings is 1. The second-order valence-electron chi connectivity index (χ2n) is 9.18. The molecule has 5 rings (SSSR count). The number of fused-ring (bicyclic) bond motifs is 3. The average Bonchev–Trinajstić information content (AvgIpc) is 3.13. The molecule has 3 heterocycles. The molecule has 2 aliphatic heterocycles. The van der Waals surface area contributed by atoms with Crippen molar-refractivity contribution < 1.29 is 9.59 Å². The molecule has 2 amide bonds. The summed E-state index contributed by atoms with van der Waals surface area (Å²) in [7, 11) is 0. The van der Waals surface area contributed by atoms with E-state index in [-0.39, 0.29) is 17.7 Å². The fraction of sp³-hybridized carbons (Fsp3) is 0.583. The molecule has 1 aromatic carbocycles. The molecule has 1 unspecified atom stereocenters. The predicted octanol–water partition coefficient (Wildman–Crippen LogP) is 3.87. The first kappa shape index (κ1) is 18.7. The summed E-state index contributed by atoms with van der Waals surface area (Å²) in [5.41, 5.74) is 3.70. The number of carbonyl (C=O) groups excluding carboxylic acids is 2. The van der Waals surface area contributed by atoms with Crippen molar-refractivity contribution in [2.24, 2.45) is 11.8 Å². The van der Waals surface area contributed by atoms with E-state index in [4.69, 9.17) is 0 Å². The van der Waals surface area contributed by atoms with Gasteiger partial charge in [0.2, 0.25) is 11.8 Å². The molecule has 5 nitrogen and oxygen atoms in total. The summed E-state index contributed by atoms with van der Waals surface area (Å²) in [6.45, 7) is 2.93. The zero-order valence-electron chi connectivity index (χ0n) is 17.2. The van der Waals surface area contributed by atoms with Crippen LogP contribution in [0.5, 0.6) is 0 Å². The van der Waals surface area contributed by atoms with Gasteiger partial charge in [-0.05, 0) is 31.2 Å². The van der Waals surface area contributed by atoms with E-state index in [0.717, 1.165) is 25.0 Å². The minimum atomic E-state index is -0.0388. The number of H-pyrrole nitrogens is 1. The zero-order valence-corrected chi connectivity index (χ0v) is 17.2. The molecule has 1 atom stereocenters. The number of aromatic nitrogens is 1. The summed E-state index contributed by atoms with van der Waals surface area (Å²) in [5, 5.41) is 1.23. The second-order valence-corrected chi connectivity index (χ2v) is 9.18. The number of likely N-dealkylation sites (tertiary alicyclic amines) is 1. The van der Waals surface area contributed by atoms with Crippen molar-refractivity contribution >= 4 is 22.7 Å². The quantitative estimate of drug-likeness (QED) is 0.861. The third-order valence-corrected chi connectivity index (χ3v) is 7.25. The summed E-state index contributed by atoms with van der Waals surface area (Å²) in [4.78, 5) is 33.4. The van der Waals surface area contributed by atoms with E-state index < -0.39 is 0 Å². The van der Waals surface area contributed by atoms with Crippen molar-refractivity contribution in [3.05, 3.63) is 35.5 Å². The van der Waals surface area contributed by atoms with Crippen molar-refractivity contribution in [1.82, 2.24) is 14.8 Å². The van der Waals surface area contributed by atoms with Gasteiger partial charge in [0.15, 0.2) is 0 Å². The Hall–Kier alpha value is -2.30. The number of benzene rings is 1. The molecule has 1 saturated carbocycles. The molecule has 29 heavy (non-hydrogen) atoms. The minimum absolute atomic E-state index is 0.0388. The van der Waals surface area contributed by atoms with Gasteiger partial charge in [-0.15, -0.1) is 0 Å². The molecule has 0 radical (unpaired) electrons. The first-order valence-corrected chi connectivity index (χ1v) is 11.3. The lowest BCUT2D eigenvalue weighted by molar-refractivity contribution is -0.144. The van der Waals surface area contributed by atoms with Gasteiger partial charge in [0.25, 0.3) is 0 Å². The van der Waals surface area contributed by atoms with Crippen LogP contribution in [0.3, 0.4) is 0 Å². The molecule has 154 valence electrons. The number of nitrogens with zero attached hydrogens (tertiary/aromatic N) is 2. The van der Waals surface area contributed by atoms with Crippen LogP contribution >= 0.6 is 0 Å². The Morgan fingerprint density at radius 1 is 1.07 bits per heavy atom. The summed E-state index contributed by atoms with van der Waals surface area (Å²) >= 11 is 0. The lowest BCUT2D eigenvalue weighted by Gasteiger charge is -2.38. The highest BCUT2D eigenvalue weighted by molar-refractivity contribution is 5.87. The smallest absolute Gasteiger partial charge is 0.227 e. The van der Waals surface area contributed by atoms with Gasteiger partial charge in [-0.2, -0.15) is 0 Å². The maximum absolute atomic E-state index is 13.3. The SMILES string of the molecule is O=C1CCC(C(=O)N2CCc3[nH]c4ccccc4c3C2)CN1CC1CCCCC1. The van der Waals surface area contributed by atoms with E-state index in [1.54, 1.807) is 0 Å². The number of amides is 2. The fourth-order valence-corrected chi connectivity index (χ4v) is 5.59. The predicted molar refractivity (Wildman–Crippen MR) is 113 cm³/mol. The molecule has 1 aromatic heterocycles. The molecule has 2 aromatic rings. The maximum atomic E-state index is 13.3. The number of nitrogens with one attached hydrogen (secondary N) is 1. The molecule has 1 aliphatic carbocycles. The third kappa shape index (κ3) is 3.67. The second kappa shape index (κ2) is 7.85. The van der Waals surface area contributed by atoms with Gasteiger partial charge in [-0.1, -0.05) is 37.5 Å². The van der Waals surface area contributed by atoms with Crippen LogP contribution in [0.4, 0.5) is 0 Å². The summed E-state index contributed by atoms with van der Waals surface area (Å²) in [6.07, 6.45) is 8.48. The Morgan fingerprint density at radius 2 is 1.90 bits per heavy atom. The first-order chi connectivity index (χ1) is 14.2. The van der Waals surface area contributed by atoms with Gasteiger partial charge in [0.1, 0.15) is 0 Å². The normalized spacial score (nSPS) is 23.4. The van der Waals surface area contributed by atoms with E-state index >= 15 is 0 Å². The number of hydrogen-bond donors (Lipinski definition) is 1. The van der Waals surface area contributed by atoms with Crippen molar-refractivity contribution in [2.45, 2.75) is 57.9 Å². The number of carbonyl (C=O) groups is 2. The van der Waals surface area contributed by atoms with E-state index in [1.165, 1.54) is 48.7 Å². The molecule has 0 spiro atoms. The van der Waals surface area contributed by atoms with Crippen LogP contribution < -0.4 is 0 Å². The van der Waals surface area contributed by atoms with Crippen LogP contribution in [0.25, 0.3) is 10.9 Å². The average molecular weight is 394 g/mol. The lowest BCUT2D eigenvalue weighted by atomic mass is 9.87. The van der Waals surface area contributed by atoms with Crippen molar-refractivity contribution in [3.8, 4) is 0 Å². The minimum Gasteiger partial charge on any atom is -0.358 e. The van der Waals surface area contributed by atoms with Crippen LogP contribution in [-0.2, 0) is 22.6 Å². The van der Waals surface area contributed by atoms with E-state index in [9.17, 15) is 9.59 Å². The highest BCUT2D eigenvalue weighted by Crippen LogP contribution is 2.31. The van der Waals surface area contributed by atoms with Crippen molar-refractivity contribution in [2.75, 3.05) is 19.6 Å². The van der Waals surface area contributed by atoms with Crippen LogP contribution in [0, 0.1) is 11.8 Å². The number of para-hydroxylation sites is 1. The van der Waals surface area contributed by atoms with Gasteiger partial charge in [-0.3, -0.25) is 9.59 Å². The molecule has 0 bridgehead atoms. The fourth-order valence-electron chi connectivity index (χ4n) is 5.59. The molecule has 1 saturated heterocycles. The van der Waals surface area contributed by atoms with Crippen LogP contribution in [0.2, 0.25) is 0 Å². The lowest BCUT2D eigenvalue weighted by Crippen LogP contribution is -2.49. The number of rotatable bonds is 3. The molecular formula is C24H31N3O2. The Balaban J connectivity index is 1.27. The summed E-state index contributed by atoms with van der Waals surface area (Å²) in [6, 6.07) is 8.36. The Kier molecular flexibility index (Phi) is 5.06. The highest BCUT2D eigenvalue weighted by atomic mass is 16.2.